The molecule has 0 aliphatic rings. The van der Waals surface area contributed by atoms with Gasteiger partial charge in [-0.3, -0.25) is 4.98 Å². The number of pyridine rings is 1. The van der Waals surface area contributed by atoms with Gasteiger partial charge in [0.2, 0.25) is 10.0 Å². The van der Waals surface area contributed by atoms with Gasteiger partial charge in [0.1, 0.15) is 0 Å². The maximum Gasteiger partial charge on any atom is 0.241 e. The predicted octanol–water partition coefficient (Wildman–Crippen LogP) is 1.84. The van der Waals surface area contributed by atoms with Gasteiger partial charge in [-0.25, -0.2) is 13.1 Å². The van der Waals surface area contributed by atoms with E-state index in [4.69, 9.17) is 0 Å². The summed E-state index contributed by atoms with van der Waals surface area (Å²) in [5, 5.41) is 3.01. The van der Waals surface area contributed by atoms with Gasteiger partial charge in [-0.1, -0.05) is 18.2 Å². The Bertz CT molecular complexity index is 687. The molecule has 0 bridgehead atoms. The minimum Gasteiger partial charge on any atom is -0.316 e. The number of nitrogens with one attached hydrogen (secondary N) is 2. The highest BCUT2D eigenvalue weighted by Crippen LogP contribution is 2.17. The number of aromatic nitrogens is 1. The number of benzene rings is 1. The number of rotatable bonds is 6. The topological polar surface area (TPSA) is 71.1 Å². The van der Waals surface area contributed by atoms with Crippen molar-refractivity contribution in [3.8, 4) is 0 Å². The van der Waals surface area contributed by atoms with Crippen LogP contribution < -0.4 is 10.0 Å². The Labute approximate surface area is 125 Å². The molecule has 2 N–H and O–H groups in total. The molecule has 112 valence electrons. The van der Waals surface area contributed by atoms with Crippen molar-refractivity contribution in [1.82, 2.24) is 15.0 Å². The standard InChI is InChI=1S/C15H19N3O2S/c1-12(14-6-4-8-17-11-14)18-21(19,20)15-7-3-5-13(9-15)10-16-2/h3-9,11-12,16,18H,10H2,1-2H3. The molecule has 0 radical (unpaired) electrons. The van der Waals surface area contributed by atoms with Crippen molar-refractivity contribution in [2.45, 2.75) is 24.4 Å². The van der Waals surface area contributed by atoms with E-state index in [1.807, 2.05) is 19.2 Å². The molecule has 0 saturated heterocycles. The molecule has 1 unspecified atom stereocenters. The van der Waals surface area contributed by atoms with Crippen molar-refractivity contribution in [1.29, 1.82) is 0 Å². The highest BCUT2D eigenvalue weighted by Gasteiger charge is 2.18. The van der Waals surface area contributed by atoms with Gasteiger partial charge in [-0.15, -0.1) is 0 Å². The average molecular weight is 305 g/mol. The molecule has 1 aromatic carbocycles. The first-order valence-electron chi connectivity index (χ1n) is 6.69. The molecule has 1 heterocycles. The lowest BCUT2D eigenvalue weighted by Crippen LogP contribution is -2.27. The first-order chi connectivity index (χ1) is 10.0. The van der Waals surface area contributed by atoms with Crippen LogP contribution in [0, 0.1) is 0 Å². The third kappa shape index (κ3) is 4.10. The highest BCUT2D eigenvalue weighted by atomic mass is 32.2. The molecule has 2 rings (SSSR count). The molecule has 0 aliphatic heterocycles. The van der Waals surface area contributed by atoms with Crippen LogP contribution in [0.15, 0.2) is 53.7 Å². The average Bonchev–Trinajstić information content (AvgIpc) is 2.48. The zero-order valence-electron chi connectivity index (χ0n) is 12.1. The van der Waals surface area contributed by atoms with E-state index in [1.54, 1.807) is 43.6 Å². The Morgan fingerprint density at radius 3 is 2.71 bits per heavy atom. The van der Waals surface area contributed by atoms with Gasteiger partial charge < -0.3 is 5.32 Å². The summed E-state index contributed by atoms with van der Waals surface area (Å²) in [6, 6.07) is 10.2. The van der Waals surface area contributed by atoms with Crippen molar-refractivity contribution < 1.29 is 8.42 Å². The molecule has 2 aromatic rings. The van der Waals surface area contributed by atoms with Crippen LogP contribution >= 0.6 is 0 Å². The maximum atomic E-state index is 12.4. The van der Waals surface area contributed by atoms with Crippen LogP contribution in [0.5, 0.6) is 0 Å². The van der Waals surface area contributed by atoms with Crippen LogP contribution in [0.4, 0.5) is 0 Å². The van der Waals surface area contributed by atoms with Crippen molar-refractivity contribution in [2.75, 3.05) is 7.05 Å². The van der Waals surface area contributed by atoms with Gasteiger partial charge >= 0.3 is 0 Å². The Morgan fingerprint density at radius 2 is 2.05 bits per heavy atom. The fraction of sp³-hybridized carbons (Fsp3) is 0.267. The van der Waals surface area contributed by atoms with Crippen molar-refractivity contribution in [3.05, 3.63) is 59.9 Å². The fourth-order valence-electron chi connectivity index (χ4n) is 2.03. The van der Waals surface area contributed by atoms with Crippen LogP contribution in [-0.2, 0) is 16.6 Å². The summed E-state index contributed by atoms with van der Waals surface area (Å²) in [6.07, 6.45) is 3.32. The Balaban J connectivity index is 2.20. The number of hydrogen-bond donors (Lipinski definition) is 2. The highest BCUT2D eigenvalue weighted by molar-refractivity contribution is 7.89. The summed E-state index contributed by atoms with van der Waals surface area (Å²) in [6.45, 7) is 2.42. The summed E-state index contributed by atoms with van der Waals surface area (Å²) in [5.41, 5.74) is 1.75. The Kier molecular flexibility index (Phi) is 5.06. The van der Waals surface area contributed by atoms with E-state index in [2.05, 4.69) is 15.0 Å². The van der Waals surface area contributed by atoms with Gasteiger partial charge in [-0.05, 0) is 43.3 Å². The second-order valence-electron chi connectivity index (χ2n) is 4.81. The minimum atomic E-state index is -3.55. The molecule has 0 amide bonds. The Morgan fingerprint density at radius 1 is 1.24 bits per heavy atom. The minimum absolute atomic E-state index is 0.269. The first kappa shape index (κ1) is 15.6. The fourth-order valence-corrected chi connectivity index (χ4v) is 3.33. The quantitative estimate of drug-likeness (QED) is 0.854. The summed E-state index contributed by atoms with van der Waals surface area (Å²) in [4.78, 5) is 4.27. The molecular weight excluding hydrogens is 286 g/mol. The van der Waals surface area contributed by atoms with Gasteiger partial charge in [0.05, 0.1) is 4.90 Å². The van der Waals surface area contributed by atoms with Gasteiger partial charge in [0.25, 0.3) is 0 Å². The van der Waals surface area contributed by atoms with E-state index in [1.165, 1.54) is 0 Å². The predicted molar refractivity (Wildman–Crippen MR) is 82.2 cm³/mol. The number of sulfonamides is 1. The first-order valence-corrected chi connectivity index (χ1v) is 8.17. The molecule has 5 nitrogen and oxygen atoms in total. The van der Waals surface area contributed by atoms with Crippen LogP contribution in [0.25, 0.3) is 0 Å². The zero-order valence-corrected chi connectivity index (χ0v) is 12.9. The summed E-state index contributed by atoms with van der Waals surface area (Å²) in [7, 11) is -1.73. The van der Waals surface area contributed by atoms with Crippen LogP contribution in [0.1, 0.15) is 24.1 Å². The van der Waals surface area contributed by atoms with E-state index in [0.717, 1.165) is 11.1 Å². The monoisotopic (exact) mass is 305 g/mol. The summed E-state index contributed by atoms with van der Waals surface area (Å²) >= 11 is 0. The molecular formula is C15H19N3O2S. The molecule has 0 saturated carbocycles. The molecule has 0 fully saturated rings. The van der Waals surface area contributed by atoms with E-state index in [9.17, 15) is 8.42 Å². The van der Waals surface area contributed by atoms with Crippen LogP contribution in [0.3, 0.4) is 0 Å². The lowest BCUT2D eigenvalue weighted by Gasteiger charge is -2.14. The molecule has 1 atom stereocenters. The second kappa shape index (κ2) is 6.80. The molecule has 6 heteroatoms. The summed E-state index contributed by atoms with van der Waals surface area (Å²) < 4.78 is 27.5. The van der Waals surface area contributed by atoms with E-state index in [-0.39, 0.29) is 10.9 Å². The lowest BCUT2D eigenvalue weighted by atomic mass is 10.2. The van der Waals surface area contributed by atoms with Gasteiger partial charge in [-0.2, -0.15) is 0 Å². The van der Waals surface area contributed by atoms with Gasteiger partial charge in [0.15, 0.2) is 0 Å². The summed E-state index contributed by atoms with van der Waals surface area (Å²) in [5.74, 6) is 0. The molecule has 21 heavy (non-hydrogen) atoms. The largest absolute Gasteiger partial charge is 0.316 e. The second-order valence-corrected chi connectivity index (χ2v) is 6.52. The molecule has 0 aliphatic carbocycles. The van der Waals surface area contributed by atoms with E-state index < -0.39 is 10.0 Å². The number of hydrogen-bond acceptors (Lipinski definition) is 4. The molecule has 1 aromatic heterocycles. The van der Waals surface area contributed by atoms with Crippen molar-refractivity contribution in [3.63, 3.8) is 0 Å². The smallest absolute Gasteiger partial charge is 0.241 e. The third-order valence-corrected chi connectivity index (χ3v) is 4.64. The zero-order chi connectivity index (χ0) is 15.3. The van der Waals surface area contributed by atoms with Gasteiger partial charge in [0, 0.05) is 25.0 Å². The SMILES string of the molecule is CNCc1cccc(S(=O)(=O)NC(C)c2cccnc2)c1. The Hall–Kier alpha value is -1.76. The normalized spacial score (nSPS) is 13.0. The van der Waals surface area contributed by atoms with Crippen LogP contribution in [-0.4, -0.2) is 20.4 Å². The maximum absolute atomic E-state index is 12.4. The third-order valence-electron chi connectivity index (χ3n) is 3.11. The lowest BCUT2D eigenvalue weighted by molar-refractivity contribution is 0.566. The molecule has 0 spiro atoms. The van der Waals surface area contributed by atoms with Crippen LogP contribution in [0.2, 0.25) is 0 Å². The van der Waals surface area contributed by atoms with Crippen molar-refractivity contribution >= 4 is 10.0 Å². The van der Waals surface area contributed by atoms with E-state index >= 15 is 0 Å². The van der Waals surface area contributed by atoms with Crippen molar-refractivity contribution in [2.24, 2.45) is 0 Å². The number of nitrogens with zero attached hydrogens (tertiary/aromatic N) is 1. The van der Waals surface area contributed by atoms with E-state index in [0.29, 0.717) is 6.54 Å².